The molecule has 0 spiro atoms. The second kappa shape index (κ2) is 8.58. The van der Waals surface area contributed by atoms with Gasteiger partial charge in [0.15, 0.2) is 15.6 Å². The van der Waals surface area contributed by atoms with Crippen molar-refractivity contribution < 1.29 is 13.2 Å². The van der Waals surface area contributed by atoms with E-state index in [9.17, 15) is 13.2 Å². The summed E-state index contributed by atoms with van der Waals surface area (Å²) in [5.41, 5.74) is 3.01. The van der Waals surface area contributed by atoms with Gasteiger partial charge in [-0.15, -0.1) is 0 Å². The summed E-state index contributed by atoms with van der Waals surface area (Å²) < 4.78 is 26.1. The fraction of sp³-hybridized carbons (Fsp3) is 0.542. The number of sulfone groups is 1. The number of amidine groups is 1. The van der Waals surface area contributed by atoms with Gasteiger partial charge in [0.25, 0.3) is 0 Å². The van der Waals surface area contributed by atoms with Crippen LogP contribution in [0.4, 0.5) is 0 Å². The smallest absolute Gasteiger partial charge is 0.182 e. The minimum atomic E-state index is -3.61. The molecule has 0 bridgehead atoms. The Kier molecular flexibility index (Phi) is 6.05. The molecule has 2 heterocycles. The Morgan fingerprint density at radius 3 is 2.40 bits per heavy atom. The lowest BCUT2D eigenvalue weighted by molar-refractivity contribution is -0.117. The molecule has 0 amide bonds. The molecular weight excluding hydrogens is 396 g/mol. The molecule has 1 aromatic rings. The first-order valence-corrected chi connectivity index (χ1v) is 12.8. The Hall–Kier alpha value is -2.08. The van der Waals surface area contributed by atoms with Crippen LogP contribution in [0.3, 0.4) is 0 Å². The van der Waals surface area contributed by atoms with Crippen molar-refractivity contribution in [2.24, 2.45) is 15.9 Å². The molecule has 1 atom stereocenters. The molecule has 0 saturated heterocycles. The fourth-order valence-corrected chi connectivity index (χ4v) is 6.28. The van der Waals surface area contributed by atoms with E-state index in [-0.39, 0.29) is 16.4 Å². The van der Waals surface area contributed by atoms with Gasteiger partial charge in [0.1, 0.15) is 5.84 Å². The normalized spacial score (nSPS) is 22.7. The summed E-state index contributed by atoms with van der Waals surface area (Å²) in [7, 11) is -3.61. The van der Waals surface area contributed by atoms with Gasteiger partial charge in [0.05, 0.1) is 16.6 Å². The van der Waals surface area contributed by atoms with Crippen LogP contribution in [0.1, 0.15) is 76.7 Å². The lowest BCUT2D eigenvalue weighted by Gasteiger charge is -2.22. The van der Waals surface area contributed by atoms with E-state index < -0.39 is 15.8 Å². The van der Waals surface area contributed by atoms with Crippen LogP contribution < -0.4 is 0 Å². The molecule has 4 rings (SSSR count). The quantitative estimate of drug-likeness (QED) is 0.640. The van der Waals surface area contributed by atoms with Gasteiger partial charge in [-0.25, -0.2) is 18.4 Å². The van der Waals surface area contributed by atoms with Crippen molar-refractivity contribution in [1.82, 2.24) is 0 Å². The molecule has 1 aromatic carbocycles. The molecule has 6 heteroatoms. The Balaban J connectivity index is 1.53. The number of carbonyl (C=O) groups excluding carboxylic acids is 1. The number of fused-ring (bicyclic) bond motifs is 1. The topological polar surface area (TPSA) is 75.9 Å². The van der Waals surface area contributed by atoms with Crippen molar-refractivity contribution in [3.05, 3.63) is 41.1 Å². The zero-order valence-corrected chi connectivity index (χ0v) is 18.7. The number of aliphatic imine (C=N–C) groups is 2. The summed E-state index contributed by atoms with van der Waals surface area (Å²) in [5, 5.41) is 0. The third-order valence-electron chi connectivity index (χ3n) is 6.55. The zero-order valence-electron chi connectivity index (χ0n) is 17.9. The molecule has 1 fully saturated rings. The van der Waals surface area contributed by atoms with E-state index in [0.717, 1.165) is 18.6 Å². The molecule has 3 aliphatic rings. The van der Waals surface area contributed by atoms with Gasteiger partial charge in [0.2, 0.25) is 0 Å². The summed E-state index contributed by atoms with van der Waals surface area (Å²) in [6.07, 6.45) is 8.52. The lowest BCUT2D eigenvalue weighted by atomic mass is 9.84. The van der Waals surface area contributed by atoms with Crippen molar-refractivity contribution in [2.75, 3.05) is 5.75 Å². The van der Waals surface area contributed by atoms with Crippen LogP contribution in [-0.2, 0) is 14.6 Å². The number of hydrogen-bond donors (Lipinski definition) is 0. The molecule has 0 radical (unpaired) electrons. The molecule has 0 aromatic heterocycles. The average Bonchev–Trinajstić information content (AvgIpc) is 3.15. The highest BCUT2D eigenvalue weighted by Gasteiger charge is 2.38. The van der Waals surface area contributed by atoms with Crippen LogP contribution in [0.15, 0.2) is 50.4 Å². The Morgan fingerprint density at radius 1 is 1.03 bits per heavy atom. The largest absolute Gasteiger partial charge is 0.294 e. The minimum Gasteiger partial charge on any atom is -0.294 e. The Labute approximate surface area is 179 Å². The second-order valence-electron chi connectivity index (χ2n) is 8.75. The molecule has 1 saturated carbocycles. The first-order chi connectivity index (χ1) is 14.4. The monoisotopic (exact) mass is 426 g/mol. The predicted octanol–water partition coefficient (Wildman–Crippen LogP) is 5.02. The molecule has 160 valence electrons. The van der Waals surface area contributed by atoms with Gasteiger partial charge in [0, 0.05) is 23.4 Å². The highest BCUT2D eigenvalue weighted by molar-refractivity contribution is 7.91. The lowest BCUT2D eigenvalue weighted by Crippen LogP contribution is -2.29. The average molecular weight is 427 g/mol. The minimum absolute atomic E-state index is 0.130. The highest BCUT2D eigenvalue weighted by Crippen LogP contribution is 2.34. The molecule has 1 unspecified atom stereocenters. The van der Waals surface area contributed by atoms with Gasteiger partial charge in [-0.3, -0.25) is 4.79 Å². The predicted molar refractivity (Wildman–Crippen MR) is 120 cm³/mol. The van der Waals surface area contributed by atoms with Gasteiger partial charge in [-0.05, 0) is 49.8 Å². The van der Waals surface area contributed by atoms with Crippen molar-refractivity contribution in [3.8, 4) is 0 Å². The Bertz CT molecular complexity index is 1030. The van der Waals surface area contributed by atoms with Gasteiger partial charge >= 0.3 is 0 Å². The number of rotatable bonds is 6. The first-order valence-electron chi connectivity index (χ1n) is 11.1. The number of allylic oxidation sites excluding steroid dienone is 1. The van der Waals surface area contributed by atoms with E-state index >= 15 is 0 Å². The van der Waals surface area contributed by atoms with Crippen molar-refractivity contribution in [3.63, 3.8) is 0 Å². The van der Waals surface area contributed by atoms with Crippen LogP contribution >= 0.6 is 0 Å². The van der Waals surface area contributed by atoms with Crippen molar-refractivity contribution >= 4 is 27.2 Å². The standard InChI is InChI=1S/C24H30N2O3S/c1-3-7-19-14-21-23(27)22(16(2)25-24(21)26-19)15-30(28,29)20-12-10-18(11-13-20)17-8-5-4-6-9-17/h10-13,17,21H,3-9,14-15H2,1-2H3. The van der Waals surface area contributed by atoms with E-state index in [1.165, 1.54) is 37.7 Å². The number of Topliss-reactive ketones (excluding diaryl/α,β-unsaturated/α-hetero) is 1. The van der Waals surface area contributed by atoms with Crippen LogP contribution in [-0.4, -0.2) is 31.5 Å². The number of hydrogen-bond acceptors (Lipinski definition) is 5. The summed E-state index contributed by atoms with van der Waals surface area (Å²) in [5.74, 6) is 0.257. The van der Waals surface area contributed by atoms with Crippen molar-refractivity contribution in [2.45, 2.75) is 76.0 Å². The van der Waals surface area contributed by atoms with Gasteiger partial charge < -0.3 is 0 Å². The summed E-state index contributed by atoms with van der Waals surface area (Å²) >= 11 is 0. The van der Waals surface area contributed by atoms with Crippen molar-refractivity contribution in [1.29, 1.82) is 0 Å². The second-order valence-corrected chi connectivity index (χ2v) is 10.7. The van der Waals surface area contributed by atoms with Crippen LogP contribution in [0.5, 0.6) is 0 Å². The molecule has 30 heavy (non-hydrogen) atoms. The number of benzene rings is 1. The highest BCUT2D eigenvalue weighted by atomic mass is 32.2. The molecule has 0 N–H and O–H groups in total. The van der Waals surface area contributed by atoms with Gasteiger partial charge in [-0.2, -0.15) is 0 Å². The van der Waals surface area contributed by atoms with Gasteiger partial charge in [-0.1, -0.05) is 44.7 Å². The summed E-state index contributed by atoms with van der Waals surface area (Å²) in [6, 6.07) is 7.31. The number of ketones is 1. The SMILES string of the molecule is CCCC1=NC2=NC(C)=C(CS(=O)(=O)c3ccc(C4CCCCC4)cc3)C(=O)C2C1. The van der Waals surface area contributed by atoms with Crippen LogP contribution in [0, 0.1) is 5.92 Å². The maximum absolute atomic E-state index is 13.1. The third kappa shape index (κ3) is 4.20. The first kappa shape index (κ1) is 21.2. The molecule has 5 nitrogen and oxygen atoms in total. The fourth-order valence-electron chi connectivity index (χ4n) is 4.83. The van der Waals surface area contributed by atoms with E-state index in [2.05, 4.69) is 16.9 Å². The molecular formula is C24H30N2O3S. The summed E-state index contributed by atoms with van der Waals surface area (Å²) in [6.45, 7) is 3.79. The van der Waals surface area contributed by atoms with E-state index in [1.807, 2.05) is 12.1 Å². The maximum Gasteiger partial charge on any atom is 0.182 e. The third-order valence-corrected chi connectivity index (χ3v) is 8.20. The summed E-state index contributed by atoms with van der Waals surface area (Å²) in [4.78, 5) is 22.3. The van der Waals surface area contributed by atoms with E-state index in [0.29, 0.717) is 29.4 Å². The number of nitrogens with zero attached hydrogens (tertiary/aromatic N) is 2. The number of carbonyl (C=O) groups is 1. The maximum atomic E-state index is 13.1. The van der Waals surface area contributed by atoms with Crippen LogP contribution in [0.25, 0.3) is 0 Å². The van der Waals surface area contributed by atoms with E-state index in [1.54, 1.807) is 19.1 Å². The zero-order chi connectivity index (χ0) is 21.3. The van der Waals surface area contributed by atoms with Crippen LogP contribution in [0.2, 0.25) is 0 Å². The van der Waals surface area contributed by atoms with E-state index in [4.69, 9.17) is 0 Å². The Morgan fingerprint density at radius 2 is 1.73 bits per heavy atom. The molecule has 2 aliphatic heterocycles. The molecule has 1 aliphatic carbocycles.